The van der Waals surface area contributed by atoms with Gasteiger partial charge in [0.25, 0.3) is 5.91 Å². The highest BCUT2D eigenvalue weighted by Crippen LogP contribution is 2.46. The summed E-state index contributed by atoms with van der Waals surface area (Å²) in [6, 6.07) is 16.2. The van der Waals surface area contributed by atoms with Gasteiger partial charge in [-0.2, -0.15) is 0 Å². The molecule has 0 aromatic heterocycles. The van der Waals surface area contributed by atoms with Crippen LogP contribution in [0.15, 0.2) is 71.5 Å². The molecule has 3 fully saturated rings. The van der Waals surface area contributed by atoms with Crippen LogP contribution in [0.2, 0.25) is 0 Å². The number of nitrogens with one attached hydrogen (secondary N) is 2. The largest absolute Gasteiger partial charge is 0.491 e. The number of aliphatic hydroxyl groups excluding tert-OH is 1. The Kier molecular flexibility index (Phi) is 12.6. The third kappa shape index (κ3) is 8.99. The van der Waals surface area contributed by atoms with Crippen LogP contribution in [0.25, 0.3) is 0 Å². The second-order valence-electron chi connectivity index (χ2n) is 17.3. The van der Waals surface area contributed by atoms with Crippen LogP contribution in [0.1, 0.15) is 163 Å². The van der Waals surface area contributed by atoms with Crippen molar-refractivity contribution in [2.24, 2.45) is 5.92 Å². The van der Waals surface area contributed by atoms with Crippen molar-refractivity contribution in [2.75, 3.05) is 13.1 Å². The lowest BCUT2D eigenvalue weighted by Gasteiger charge is -2.43. The van der Waals surface area contributed by atoms with Gasteiger partial charge in [0.2, 0.25) is 5.91 Å². The summed E-state index contributed by atoms with van der Waals surface area (Å²) >= 11 is 0. The Bertz CT molecular complexity index is 1670. The second kappa shape index (κ2) is 17.6. The first-order valence-corrected chi connectivity index (χ1v) is 21.5. The predicted octanol–water partition coefficient (Wildman–Crippen LogP) is 9.22. The molecule has 5 aliphatic rings. The SMILES string of the molecule is CCC1=CC2=C(CC1)OC1(CCCC1)C[C@@H]2NC[C@@H](O)[C@H](Cc1ccccc1)NC(=O)c1cc(C(C)C2CCCCC2)cc(C2CCCCN2C(C)=O)c1. The Morgan fingerprint density at radius 1 is 0.963 bits per heavy atom. The van der Waals surface area contributed by atoms with E-state index in [4.69, 9.17) is 4.74 Å². The van der Waals surface area contributed by atoms with Crippen LogP contribution in [0, 0.1) is 5.92 Å². The summed E-state index contributed by atoms with van der Waals surface area (Å²) in [6.45, 7) is 7.34. The molecule has 2 heterocycles. The van der Waals surface area contributed by atoms with Gasteiger partial charge in [0.1, 0.15) is 11.4 Å². The fourth-order valence-electron chi connectivity index (χ4n) is 10.4. The molecule has 0 bridgehead atoms. The zero-order valence-corrected chi connectivity index (χ0v) is 33.2. The maximum absolute atomic E-state index is 14.5. The van der Waals surface area contributed by atoms with Crippen LogP contribution in [-0.2, 0) is 16.0 Å². The molecule has 2 aromatic carbocycles. The maximum Gasteiger partial charge on any atom is 0.251 e. The van der Waals surface area contributed by atoms with Gasteiger partial charge in [0.15, 0.2) is 0 Å². The van der Waals surface area contributed by atoms with E-state index in [0.717, 1.165) is 81.2 Å². The van der Waals surface area contributed by atoms with Crippen molar-refractivity contribution >= 4 is 11.8 Å². The normalized spacial score (nSPS) is 24.7. The lowest BCUT2D eigenvalue weighted by atomic mass is 9.77. The summed E-state index contributed by atoms with van der Waals surface area (Å²) < 4.78 is 6.79. The Morgan fingerprint density at radius 3 is 2.46 bits per heavy atom. The van der Waals surface area contributed by atoms with Gasteiger partial charge in [-0.25, -0.2) is 0 Å². The molecule has 1 spiro atoms. The minimum atomic E-state index is -0.811. The van der Waals surface area contributed by atoms with Gasteiger partial charge in [-0.3, -0.25) is 9.59 Å². The average Bonchev–Trinajstić information content (AvgIpc) is 3.66. The number of piperidine rings is 1. The highest BCUT2D eigenvalue weighted by atomic mass is 16.5. The van der Waals surface area contributed by atoms with Gasteiger partial charge in [-0.05, 0) is 118 Å². The smallest absolute Gasteiger partial charge is 0.251 e. The minimum absolute atomic E-state index is 0.0277. The standard InChI is InChI=1S/C47H65N3O4/c1-4-34-20-21-45-40(25-34)42(30-47(54-45)22-12-13-23-47)48-31-44(52)41(26-35-15-7-5-8-16-35)49-46(53)39-28-37(32(2)36-17-9-6-10-18-36)27-38(29-39)43-19-11-14-24-50(43)33(3)51/h5,7-8,15-16,25,27-29,32,36,41-44,48,52H,4,6,9-14,17-24,26,30-31H2,1-3H3,(H,49,53)/t32?,41-,42-,43?,44+/m0/s1. The van der Waals surface area contributed by atoms with E-state index in [1.54, 1.807) is 6.92 Å². The van der Waals surface area contributed by atoms with Gasteiger partial charge < -0.3 is 25.4 Å². The van der Waals surface area contributed by atoms with Crippen LogP contribution in [-0.4, -0.2) is 58.7 Å². The lowest BCUT2D eigenvalue weighted by molar-refractivity contribution is -0.132. The third-order valence-corrected chi connectivity index (χ3v) is 13.7. The van der Waals surface area contributed by atoms with E-state index >= 15 is 0 Å². The maximum atomic E-state index is 14.5. The Morgan fingerprint density at radius 2 is 1.72 bits per heavy atom. The van der Waals surface area contributed by atoms with Gasteiger partial charge in [0, 0.05) is 50.0 Å². The number of aliphatic hydroxyl groups is 1. The first-order chi connectivity index (χ1) is 26.2. The predicted molar refractivity (Wildman–Crippen MR) is 216 cm³/mol. The molecule has 0 radical (unpaired) electrons. The molecule has 292 valence electrons. The molecule has 2 unspecified atom stereocenters. The molecule has 2 aliphatic heterocycles. The monoisotopic (exact) mass is 735 g/mol. The minimum Gasteiger partial charge on any atom is -0.491 e. The van der Waals surface area contributed by atoms with Crippen molar-refractivity contribution in [1.29, 1.82) is 0 Å². The summed E-state index contributed by atoms with van der Waals surface area (Å²) in [5.74, 6) is 1.99. The van der Waals surface area contributed by atoms with Crippen molar-refractivity contribution in [1.82, 2.24) is 15.5 Å². The first kappa shape index (κ1) is 38.8. The first-order valence-electron chi connectivity index (χ1n) is 21.5. The fourth-order valence-corrected chi connectivity index (χ4v) is 10.4. The van der Waals surface area contributed by atoms with Crippen molar-refractivity contribution in [3.05, 3.63) is 93.8 Å². The zero-order valence-electron chi connectivity index (χ0n) is 33.2. The number of nitrogens with zero attached hydrogens (tertiary/aromatic N) is 1. The van der Waals surface area contributed by atoms with E-state index in [1.807, 2.05) is 29.2 Å². The van der Waals surface area contributed by atoms with Gasteiger partial charge >= 0.3 is 0 Å². The van der Waals surface area contributed by atoms with E-state index in [2.05, 4.69) is 54.8 Å². The number of rotatable bonds is 12. The number of allylic oxidation sites excluding steroid dienone is 2. The van der Waals surface area contributed by atoms with Gasteiger partial charge in [-0.1, -0.05) is 81.2 Å². The number of hydrogen-bond acceptors (Lipinski definition) is 5. The summed E-state index contributed by atoms with van der Waals surface area (Å²) in [6.07, 6.45) is 19.9. The van der Waals surface area contributed by atoms with Crippen molar-refractivity contribution in [2.45, 2.75) is 166 Å². The summed E-state index contributed by atoms with van der Waals surface area (Å²) in [5, 5.41) is 19.2. The molecule has 2 saturated carbocycles. The summed E-state index contributed by atoms with van der Waals surface area (Å²) in [7, 11) is 0. The number of likely N-dealkylation sites (tertiary alicyclic amines) is 1. The van der Waals surface area contributed by atoms with Crippen molar-refractivity contribution in [3.8, 4) is 0 Å². The molecule has 7 heteroatoms. The van der Waals surface area contributed by atoms with Crippen LogP contribution < -0.4 is 10.6 Å². The number of carbonyl (C=O) groups excluding carboxylic acids is 2. The van der Waals surface area contributed by atoms with E-state index in [0.29, 0.717) is 30.4 Å². The van der Waals surface area contributed by atoms with E-state index in [1.165, 1.54) is 61.7 Å². The van der Waals surface area contributed by atoms with Crippen LogP contribution in [0.4, 0.5) is 0 Å². The molecule has 3 N–H and O–H groups in total. The van der Waals surface area contributed by atoms with Gasteiger partial charge in [0.05, 0.1) is 18.2 Å². The van der Waals surface area contributed by atoms with Crippen molar-refractivity contribution < 1.29 is 19.4 Å². The van der Waals surface area contributed by atoms with E-state index in [-0.39, 0.29) is 29.5 Å². The summed E-state index contributed by atoms with van der Waals surface area (Å²) in [5.41, 5.74) is 6.56. The molecular formula is C47H65N3O4. The number of amides is 2. The average molecular weight is 736 g/mol. The molecule has 2 amide bonds. The molecule has 54 heavy (non-hydrogen) atoms. The molecule has 2 aromatic rings. The number of carbonyl (C=O) groups is 2. The quantitative estimate of drug-likeness (QED) is 0.202. The highest BCUT2D eigenvalue weighted by molar-refractivity contribution is 5.95. The fraction of sp³-hybridized carbons (Fsp3) is 0.617. The van der Waals surface area contributed by atoms with Crippen LogP contribution in [0.5, 0.6) is 0 Å². The Hall–Kier alpha value is -3.42. The Labute approximate surface area is 324 Å². The topological polar surface area (TPSA) is 90.9 Å². The number of hydrogen-bond donors (Lipinski definition) is 3. The molecule has 3 aliphatic carbocycles. The van der Waals surface area contributed by atoms with Gasteiger partial charge in [-0.15, -0.1) is 0 Å². The number of benzene rings is 2. The number of ether oxygens (including phenoxy) is 1. The van der Waals surface area contributed by atoms with Crippen molar-refractivity contribution in [3.63, 3.8) is 0 Å². The lowest BCUT2D eigenvalue weighted by Crippen LogP contribution is -2.52. The van der Waals surface area contributed by atoms with Crippen LogP contribution in [0.3, 0.4) is 0 Å². The highest BCUT2D eigenvalue weighted by Gasteiger charge is 2.44. The molecule has 7 nitrogen and oxygen atoms in total. The zero-order chi connectivity index (χ0) is 37.7. The van der Waals surface area contributed by atoms with E-state index < -0.39 is 12.1 Å². The second-order valence-corrected chi connectivity index (χ2v) is 17.3. The molecule has 5 atom stereocenters. The van der Waals surface area contributed by atoms with Crippen LogP contribution >= 0.6 is 0 Å². The third-order valence-electron chi connectivity index (χ3n) is 13.7. The molecule has 1 saturated heterocycles. The molecular weight excluding hydrogens is 671 g/mol. The Balaban J connectivity index is 1.15. The molecule has 7 rings (SSSR count). The van der Waals surface area contributed by atoms with E-state index in [9.17, 15) is 14.7 Å². The summed E-state index contributed by atoms with van der Waals surface area (Å²) in [4.78, 5) is 29.3.